The Kier molecular flexibility index (Phi) is 4.32. The molecule has 1 saturated carbocycles. The van der Waals surface area contributed by atoms with Crippen LogP contribution in [0.1, 0.15) is 34.5 Å². The number of aryl methyl sites for hydroxylation is 2. The van der Waals surface area contributed by atoms with Gasteiger partial charge >= 0.3 is 6.18 Å². The van der Waals surface area contributed by atoms with E-state index < -0.39 is 24.0 Å². The zero-order valence-corrected chi connectivity index (χ0v) is 15.3. The summed E-state index contributed by atoms with van der Waals surface area (Å²) in [7, 11) is 0. The highest BCUT2D eigenvalue weighted by Gasteiger charge is 2.49. The van der Waals surface area contributed by atoms with Crippen LogP contribution < -0.4 is 5.32 Å². The molecule has 1 atom stereocenters. The van der Waals surface area contributed by atoms with E-state index >= 15 is 0 Å². The fraction of sp³-hybridized carbons (Fsp3) is 0.368. The van der Waals surface area contributed by atoms with E-state index in [0.29, 0.717) is 24.2 Å². The number of rotatable bonds is 4. The van der Waals surface area contributed by atoms with Gasteiger partial charge in [-0.1, -0.05) is 0 Å². The first-order valence-electron chi connectivity index (χ1n) is 8.89. The van der Waals surface area contributed by atoms with Crippen molar-refractivity contribution in [3.8, 4) is 11.3 Å². The van der Waals surface area contributed by atoms with Gasteiger partial charge in [0.1, 0.15) is 11.6 Å². The molecule has 4 rings (SSSR count). The second kappa shape index (κ2) is 6.57. The van der Waals surface area contributed by atoms with Crippen LogP contribution in [0.4, 0.5) is 13.2 Å². The van der Waals surface area contributed by atoms with Crippen LogP contribution in [-0.2, 0) is 0 Å². The number of alkyl halides is 3. The van der Waals surface area contributed by atoms with Crippen molar-refractivity contribution in [2.45, 2.75) is 38.9 Å². The Morgan fingerprint density at radius 2 is 1.96 bits per heavy atom. The summed E-state index contributed by atoms with van der Waals surface area (Å²) in [6, 6.07) is 1.84. The SMILES string of the molecule is Cc1cncc(-c2cc(C)n3ncc(C(=O)N[C@@H](C4CC4)C(F)(F)F)c3n2)c1. The zero-order chi connectivity index (χ0) is 20.1. The fourth-order valence-electron chi connectivity index (χ4n) is 3.23. The molecule has 1 aliphatic carbocycles. The molecule has 3 aromatic rings. The largest absolute Gasteiger partial charge is 0.408 e. The standard InChI is InChI=1S/C19H18F3N5O/c1-10-5-13(8-23-7-10)15-6-11(2)27-17(25-15)14(9-24-27)18(28)26-16(12-3-4-12)19(20,21)22/h5-9,12,16H,3-4H2,1-2H3,(H,26,28)/t16-/m0/s1. The molecule has 0 aliphatic heterocycles. The van der Waals surface area contributed by atoms with Gasteiger partial charge in [-0.05, 0) is 50.3 Å². The van der Waals surface area contributed by atoms with Gasteiger partial charge in [-0.25, -0.2) is 9.50 Å². The number of nitrogens with zero attached hydrogens (tertiary/aromatic N) is 4. The smallest absolute Gasteiger partial charge is 0.340 e. The molecule has 0 aromatic carbocycles. The number of carbonyl (C=O) groups excluding carboxylic acids is 1. The Morgan fingerprint density at radius 1 is 1.21 bits per heavy atom. The Hall–Kier alpha value is -2.97. The molecule has 0 spiro atoms. The van der Waals surface area contributed by atoms with Crippen molar-refractivity contribution in [2.75, 3.05) is 0 Å². The van der Waals surface area contributed by atoms with Gasteiger partial charge in [0.05, 0.1) is 11.9 Å². The number of hydrogen-bond donors (Lipinski definition) is 1. The zero-order valence-electron chi connectivity index (χ0n) is 15.3. The molecule has 1 aliphatic rings. The summed E-state index contributed by atoms with van der Waals surface area (Å²) >= 11 is 0. The first-order chi connectivity index (χ1) is 13.2. The van der Waals surface area contributed by atoms with Crippen molar-refractivity contribution in [2.24, 2.45) is 5.92 Å². The fourth-order valence-corrected chi connectivity index (χ4v) is 3.23. The van der Waals surface area contributed by atoms with Gasteiger partial charge in [0.2, 0.25) is 0 Å². The molecule has 146 valence electrons. The molecule has 1 amide bonds. The van der Waals surface area contributed by atoms with Crippen molar-refractivity contribution in [3.63, 3.8) is 0 Å². The maximum atomic E-state index is 13.3. The normalized spacial score (nSPS) is 15.6. The predicted molar refractivity (Wildman–Crippen MR) is 95.7 cm³/mol. The van der Waals surface area contributed by atoms with E-state index in [0.717, 1.165) is 11.1 Å². The van der Waals surface area contributed by atoms with Crippen molar-refractivity contribution >= 4 is 11.6 Å². The van der Waals surface area contributed by atoms with Crippen LogP contribution in [0.25, 0.3) is 16.9 Å². The molecule has 9 heteroatoms. The minimum absolute atomic E-state index is 0.0143. The van der Waals surface area contributed by atoms with Crippen LogP contribution in [0.15, 0.2) is 30.7 Å². The Morgan fingerprint density at radius 3 is 2.61 bits per heavy atom. The summed E-state index contributed by atoms with van der Waals surface area (Å²) in [6.45, 7) is 3.69. The Bertz CT molecular complexity index is 1060. The number of carbonyl (C=O) groups is 1. The van der Waals surface area contributed by atoms with Crippen LogP contribution in [0, 0.1) is 19.8 Å². The number of halogens is 3. The van der Waals surface area contributed by atoms with Crippen LogP contribution in [-0.4, -0.2) is 37.7 Å². The molecule has 0 radical (unpaired) electrons. The van der Waals surface area contributed by atoms with E-state index in [-0.39, 0.29) is 11.2 Å². The minimum atomic E-state index is -4.48. The van der Waals surface area contributed by atoms with E-state index in [1.54, 1.807) is 25.4 Å². The molecular formula is C19H18F3N5O. The van der Waals surface area contributed by atoms with E-state index in [1.165, 1.54) is 10.7 Å². The number of hydrogen-bond acceptors (Lipinski definition) is 4. The summed E-state index contributed by atoms with van der Waals surface area (Å²) < 4.78 is 41.2. The summed E-state index contributed by atoms with van der Waals surface area (Å²) in [5.41, 5.74) is 3.21. The summed E-state index contributed by atoms with van der Waals surface area (Å²) in [4.78, 5) is 21.2. The quantitative estimate of drug-likeness (QED) is 0.742. The third-order valence-corrected chi connectivity index (χ3v) is 4.80. The van der Waals surface area contributed by atoms with Gasteiger partial charge in [-0.3, -0.25) is 9.78 Å². The lowest BCUT2D eigenvalue weighted by molar-refractivity contribution is -0.158. The third-order valence-electron chi connectivity index (χ3n) is 4.80. The highest BCUT2D eigenvalue weighted by Crippen LogP contribution is 2.40. The molecule has 3 aromatic heterocycles. The Labute approximate surface area is 158 Å². The van der Waals surface area contributed by atoms with Crippen LogP contribution in [0.3, 0.4) is 0 Å². The second-order valence-corrected chi connectivity index (χ2v) is 7.16. The van der Waals surface area contributed by atoms with E-state index in [1.807, 2.05) is 13.0 Å². The summed E-state index contributed by atoms with van der Waals surface area (Å²) in [5, 5.41) is 6.25. The van der Waals surface area contributed by atoms with Crippen molar-refractivity contribution in [1.29, 1.82) is 0 Å². The molecule has 28 heavy (non-hydrogen) atoms. The minimum Gasteiger partial charge on any atom is -0.340 e. The van der Waals surface area contributed by atoms with Gasteiger partial charge in [-0.15, -0.1) is 0 Å². The first kappa shape index (κ1) is 18.4. The number of nitrogens with one attached hydrogen (secondary N) is 1. The molecule has 0 bridgehead atoms. The van der Waals surface area contributed by atoms with Gasteiger partial charge in [0.25, 0.3) is 5.91 Å². The van der Waals surface area contributed by atoms with Crippen molar-refractivity contribution in [1.82, 2.24) is 24.9 Å². The molecule has 0 unspecified atom stereocenters. The van der Waals surface area contributed by atoms with Gasteiger partial charge in [0.15, 0.2) is 5.65 Å². The molecule has 3 heterocycles. The molecule has 1 fully saturated rings. The average molecular weight is 389 g/mol. The van der Waals surface area contributed by atoms with Crippen LogP contribution >= 0.6 is 0 Å². The number of fused-ring (bicyclic) bond motifs is 1. The Balaban J connectivity index is 1.72. The maximum Gasteiger partial charge on any atom is 0.408 e. The van der Waals surface area contributed by atoms with E-state index in [2.05, 4.69) is 20.4 Å². The third kappa shape index (κ3) is 3.44. The van der Waals surface area contributed by atoms with Crippen LogP contribution in [0.2, 0.25) is 0 Å². The molecule has 1 N–H and O–H groups in total. The van der Waals surface area contributed by atoms with Gasteiger partial charge in [0, 0.05) is 23.7 Å². The number of amides is 1. The molecule has 6 nitrogen and oxygen atoms in total. The second-order valence-electron chi connectivity index (χ2n) is 7.16. The van der Waals surface area contributed by atoms with Crippen molar-refractivity contribution in [3.05, 3.63) is 47.5 Å². The predicted octanol–water partition coefficient (Wildman–Crippen LogP) is 3.48. The lowest BCUT2D eigenvalue weighted by Gasteiger charge is -2.20. The summed E-state index contributed by atoms with van der Waals surface area (Å²) in [5.74, 6) is -1.38. The molecule has 0 saturated heterocycles. The summed E-state index contributed by atoms with van der Waals surface area (Å²) in [6.07, 6.45) is 1.04. The topological polar surface area (TPSA) is 72.2 Å². The van der Waals surface area contributed by atoms with Gasteiger partial charge < -0.3 is 5.32 Å². The van der Waals surface area contributed by atoms with E-state index in [4.69, 9.17) is 0 Å². The monoisotopic (exact) mass is 389 g/mol. The molecular weight excluding hydrogens is 371 g/mol. The number of pyridine rings is 1. The maximum absolute atomic E-state index is 13.3. The first-order valence-corrected chi connectivity index (χ1v) is 8.89. The number of aromatic nitrogens is 4. The highest BCUT2D eigenvalue weighted by atomic mass is 19.4. The van der Waals surface area contributed by atoms with Crippen LogP contribution in [0.5, 0.6) is 0 Å². The van der Waals surface area contributed by atoms with Crippen molar-refractivity contribution < 1.29 is 18.0 Å². The lowest BCUT2D eigenvalue weighted by atomic mass is 10.1. The average Bonchev–Trinajstić information content (AvgIpc) is 3.36. The highest BCUT2D eigenvalue weighted by molar-refractivity contribution is 6.00. The van der Waals surface area contributed by atoms with Gasteiger partial charge in [-0.2, -0.15) is 18.3 Å². The lowest BCUT2D eigenvalue weighted by Crippen LogP contribution is -2.46. The van der Waals surface area contributed by atoms with E-state index in [9.17, 15) is 18.0 Å².